The van der Waals surface area contributed by atoms with Crippen LogP contribution in [0.4, 0.5) is 4.79 Å². The van der Waals surface area contributed by atoms with Gasteiger partial charge in [0.1, 0.15) is 0 Å². The monoisotopic (exact) mass is 270 g/mol. The van der Waals surface area contributed by atoms with E-state index in [0.717, 1.165) is 0 Å². The Hall–Kier alpha value is -1.63. The number of urea groups is 1. The summed E-state index contributed by atoms with van der Waals surface area (Å²) >= 11 is 0. The van der Waals surface area contributed by atoms with Crippen LogP contribution in [0.2, 0.25) is 0 Å². The number of imide groups is 1. The van der Waals surface area contributed by atoms with Crippen molar-refractivity contribution < 1.29 is 14.4 Å². The lowest BCUT2D eigenvalue weighted by atomic mass is 10.1. The number of hydrogen-bond acceptors (Lipinski definition) is 4. The molecule has 4 amide bonds. The molecule has 7 heteroatoms. The van der Waals surface area contributed by atoms with Gasteiger partial charge >= 0.3 is 6.03 Å². The topological polar surface area (TPSA) is 95.7 Å². The van der Waals surface area contributed by atoms with Gasteiger partial charge in [0.15, 0.2) is 0 Å². The average molecular weight is 270 g/mol. The van der Waals surface area contributed by atoms with Crippen molar-refractivity contribution in [1.29, 1.82) is 0 Å². The van der Waals surface area contributed by atoms with Crippen molar-refractivity contribution >= 4 is 17.8 Å². The summed E-state index contributed by atoms with van der Waals surface area (Å²) in [4.78, 5) is 37.8. The largest absolute Gasteiger partial charge is 0.351 e. The van der Waals surface area contributed by atoms with Gasteiger partial charge in [-0.3, -0.25) is 19.8 Å². The standard InChI is InChI=1S/C12H22N4O3/c1-8(2)11(18)16-6-4-15(5-7-16)9(3)10(17)14-12(13)19/h8-9H,4-7H2,1-3H3,(H3,13,14,17,19)/t9-/m1/s1. The molecule has 1 saturated heterocycles. The molecule has 1 atom stereocenters. The van der Waals surface area contributed by atoms with E-state index in [9.17, 15) is 14.4 Å². The zero-order valence-corrected chi connectivity index (χ0v) is 11.7. The molecule has 1 heterocycles. The number of carbonyl (C=O) groups excluding carboxylic acids is 3. The van der Waals surface area contributed by atoms with Crippen LogP contribution < -0.4 is 11.1 Å². The Balaban J connectivity index is 2.47. The maximum absolute atomic E-state index is 11.8. The third kappa shape index (κ3) is 4.20. The van der Waals surface area contributed by atoms with Gasteiger partial charge in [-0.2, -0.15) is 0 Å². The normalized spacial score (nSPS) is 18.2. The minimum Gasteiger partial charge on any atom is -0.351 e. The number of primary amides is 1. The highest BCUT2D eigenvalue weighted by Gasteiger charge is 2.28. The Morgan fingerprint density at radius 3 is 2.00 bits per heavy atom. The fourth-order valence-corrected chi connectivity index (χ4v) is 2.09. The molecule has 1 aliphatic heterocycles. The number of piperazine rings is 1. The van der Waals surface area contributed by atoms with Gasteiger partial charge in [-0.25, -0.2) is 4.79 Å². The van der Waals surface area contributed by atoms with Crippen molar-refractivity contribution in [2.45, 2.75) is 26.8 Å². The average Bonchev–Trinajstić information content (AvgIpc) is 2.36. The summed E-state index contributed by atoms with van der Waals surface area (Å²) in [5.41, 5.74) is 4.91. The molecular formula is C12H22N4O3. The molecule has 1 rings (SSSR count). The first kappa shape index (κ1) is 15.4. The molecule has 1 fully saturated rings. The summed E-state index contributed by atoms with van der Waals surface area (Å²) in [5.74, 6) is -0.285. The lowest BCUT2D eigenvalue weighted by molar-refractivity contribution is -0.137. The minimum atomic E-state index is -0.842. The van der Waals surface area contributed by atoms with E-state index in [-0.39, 0.29) is 11.8 Å². The van der Waals surface area contributed by atoms with E-state index >= 15 is 0 Å². The van der Waals surface area contributed by atoms with Crippen molar-refractivity contribution in [2.24, 2.45) is 11.7 Å². The summed E-state index contributed by atoms with van der Waals surface area (Å²) in [6.45, 7) is 7.90. The van der Waals surface area contributed by atoms with E-state index in [1.54, 1.807) is 11.8 Å². The van der Waals surface area contributed by atoms with Crippen LogP contribution in [-0.2, 0) is 9.59 Å². The van der Waals surface area contributed by atoms with Gasteiger partial charge in [0, 0.05) is 32.1 Å². The number of nitrogens with two attached hydrogens (primary N) is 1. The molecule has 0 radical (unpaired) electrons. The van der Waals surface area contributed by atoms with Crippen molar-refractivity contribution in [2.75, 3.05) is 26.2 Å². The molecule has 3 N–H and O–H groups in total. The highest BCUT2D eigenvalue weighted by molar-refractivity contribution is 5.96. The number of nitrogens with one attached hydrogen (secondary N) is 1. The second-order valence-electron chi connectivity index (χ2n) is 5.05. The van der Waals surface area contributed by atoms with E-state index < -0.39 is 18.0 Å². The number of nitrogens with zero attached hydrogens (tertiary/aromatic N) is 2. The van der Waals surface area contributed by atoms with Crippen LogP contribution in [-0.4, -0.2) is 59.9 Å². The van der Waals surface area contributed by atoms with Gasteiger partial charge in [0.05, 0.1) is 6.04 Å². The molecule has 0 bridgehead atoms. The lowest BCUT2D eigenvalue weighted by Gasteiger charge is -2.37. The Morgan fingerprint density at radius 1 is 1.05 bits per heavy atom. The molecule has 0 saturated carbocycles. The number of hydrogen-bond donors (Lipinski definition) is 2. The fourth-order valence-electron chi connectivity index (χ4n) is 2.09. The first-order valence-electron chi connectivity index (χ1n) is 6.46. The first-order chi connectivity index (χ1) is 8.82. The van der Waals surface area contributed by atoms with Crippen molar-refractivity contribution in [1.82, 2.24) is 15.1 Å². The minimum absolute atomic E-state index is 0.0119. The second kappa shape index (κ2) is 6.51. The molecule has 108 valence electrons. The van der Waals surface area contributed by atoms with Crippen molar-refractivity contribution in [3.8, 4) is 0 Å². The lowest BCUT2D eigenvalue weighted by Crippen LogP contribution is -2.56. The predicted molar refractivity (Wildman–Crippen MR) is 70.2 cm³/mol. The van der Waals surface area contributed by atoms with Gasteiger partial charge < -0.3 is 10.6 Å². The summed E-state index contributed by atoms with van der Waals surface area (Å²) in [6.07, 6.45) is 0. The molecule has 0 unspecified atom stereocenters. The third-order valence-corrected chi connectivity index (χ3v) is 3.29. The molecule has 1 aliphatic rings. The highest BCUT2D eigenvalue weighted by atomic mass is 16.2. The number of amides is 4. The van der Waals surface area contributed by atoms with Crippen LogP contribution in [0, 0.1) is 5.92 Å². The van der Waals surface area contributed by atoms with Crippen LogP contribution >= 0.6 is 0 Å². The Labute approximate surface area is 113 Å². The summed E-state index contributed by atoms with van der Waals surface area (Å²) in [5, 5.41) is 2.07. The Morgan fingerprint density at radius 2 is 1.58 bits per heavy atom. The Kier molecular flexibility index (Phi) is 5.29. The second-order valence-corrected chi connectivity index (χ2v) is 5.05. The molecule has 7 nitrogen and oxygen atoms in total. The number of rotatable bonds is 3. The SMILES string of the molecule is CC(C)C(=O)N1CCN([C@H](C)C(=O)NC(N)=O)CC1. The third-order valence-electron chi connectivity index (χ3n) is 3.29. The highest BCUT2D eigenvalue weighted by Crippen LogP contribution is 2.09. The van der Waals surface area contributed by atoms with Gasteiger partial charge in [-0.15, -0.1) is 0 Å². The van der Waals surface area contributed by atoms with Crippen LogP contribution in [0.25, 0.3) is 0 Å². The smallest absolute Gasteiger partial charge is 0.318 e. The maximum atomic E-state index is 11.8. The van der Waals surface area contributed by atoms with Gasteiger partial charge in [0.2, 0.25) is 11.8 Å². The fraction of sp³-hybridized carbons (Fsp3) is 0.750. The molecule has 0 spiro atoms. The van der Waals surface area contributed by atoms with Crippen molar-refractivity contribution in [3.05, 3.63) is 0 Å². The molecule has 0 aromatic carbocycles. The summed E-state index contributed by atoms with van der Waals surface area (Å²) in [6, 6.07) is -1.27. The van der Waals surface area contributed by atoms with Crippen LogP contribution in [0.1, 0.15) is 20.8 Å². The van der Waals surface area contributed by atoms with Gasteiger partial charge in [0.25, 0.3) is 0 Å². The summed E-state index contributed by atoms with van der Waals surface area (Å²) in [7, 11) is 0. The van der Waals surface area contributed by atoms with Crippen molar-refractivity contribution in [3.63, 3.8) is 0 Å². The van der Waals surface area contributed by atoms with E-state index in [1.165, 1.54) is 0 Å². The quantitative estimate of drug-likeness (QED) is 0.713. The van der Waals surface area contributed by atoms with Crippen LogP contribution in [0.3, 0.4) is 0 Å². The molecule has 0 aromatic heterocycles. The zero-order chi connectivity index (χ0) is 14.6. The molecule has 19 heavy (non-hydrogen) atoms. The molecule has 0 aliphatic carbocycles. The van der Waals surface area contributed by atoms with Gasteiger partial charge in [-0.05, 0) is 6.92 Å². The predicted octanol–water partition coefficient (Wildman–Crippen LogP) is -0.630. The maximum Gasteiger partial charge on any atom is 0.318 e. The van der Waals surface area contributed by atoms with E-state index in [2.05, 4.69) is 5.32 Å². The molecule has 0 aromatic rings. The van der Waals surface area contributed by atoms with E-state index in [4.69, 9.17) is 5.73 Å². The van der Waals surface area contributed by atoms with Gasteiger partial charge in [-0.1, -0.05) is 13.8 Å². The molecular weight excluding hydrogens is 248 g/mol. The van der Waals surface area contributed by atoms with Crippen LogP contribution in [0.15, 0.2) is 0 Å². The number of carbonyl (C=O) groups is 3. The summed E-state index contributed by atoms with van der Waals surface area (Å²) < 4.78 is 0. The van der Waals surface area contributed by atoms with E-state index in [0.29, 0.717) is 26.2 Å². The van der Waals surface area contributed by atoms with Crippen LogP contribution in [0.5, 0.6) is 0 Å². The zero-order valence-electron chi connectivity index (χ0n) is 11.7. The Bertz CT molecular complexity index is 362. The van der Waals surface area contributed by atoms with E-state index in [1.807, 2.05) is 18.7 Å². The first-order valence-corrected chi connectivity index (χ1v) is 6.46.